The Labute approximate surface area is 209 Å². The predicted molar refractivity (Wildman–Crippen MR) is 143 cm³/mol. The van der Waals surface area contributed by atoms with Crippen molar-refractivity contribution >= 4 is 29.9 Å². The molecule has 2 N–H and O–H groups in total. The van der Waals surface area contributed by atoms with Crippen LogP contribution in [-0.4, -0.2) is 57.8 Å². The molecule has 0 bridgehead atoms. The van der Waals surface area contributed by atoms with Gasteiger partial charge in [0.1, 0.15) is 0 Å². The van der Waals surface area contributed by atoms with E-state index in [1.165, 1.54) is 11.1 Å². The van der Waals surface area contributed by atoms with E-state index in [4.69, 9.17) is 9.47 Å². The average molecular weight is 553 g/mol. The van der Waals surface area contributed by atoms with E-state index in [-0.39, 0.29) is 24.0 Å². The summed E-state index contributed by atoms with van der Waals surface area (Å²) in [5.41, 5.74) is 2.63. The van der Waals surface area contributed by atoms with E-state index in [0.29, 0.717) is 6.04 Å². The number of nitrogens with one attached hydrogen (secondary N) is 2. The number of benzene rings is 2. The summed E-state index contributed by atoms with van der Waals surface area (Å²) in [7, 11) is 5.17. The molecule has 1 heterocycles. The van der Waals surface area contributed by atoms with Crippen molar-refractivity contribution in [1.29, 1.82) is 0 Å². The summed E-state index contributed by atoms with van der Waals surface area (Å²) in [5.74, 6) is 2.45. The number of nitrogens with zero attached hydrogens (tertiary/aromatic N) is 2. The molecule has 0 radical (unpaired) electrons. The second-order valence-electron chi connectivity index (χ2n) is 7.97. The third-order valence-corrected chi connectivity index (χ3v) is 5.78. The van der Waals surface area contributed by atoms with Crippen molar-refractivity contribution in [3.05, 3.63) is 59.7 Å². The number of ether oxygens (including phenoxy) is 2. The second-order valence-corrected chi connectivity index (χ2v) is 7.97. The van der Waals surface area contributed by atoms with Crippen LogP contribution in [-0.2, 0) is 13.0 Å². The molecule has 0 atom stereocenters. The number of halogens is 1. The van der Waals surface area contributed by atoms with Crippen LogP contribution in [0.2, 0.25) is 0 Å². The van der Waals surface area contributed by atoms with Crippen LogP contribution >= 0.6 is 24.0 Å². The molecule has 0 spiro atoms. The number of aryl methyl sites for hydroxylation is 1. The Morgan fingerprint density at radius 3 is 2.38 bits per heavy atom. The highest BCUT2D eigenvalue weighted by Gasteiger charge is 2.20. The van der Waals surface area contributed by atoms with Crippen molar-refractivity contribution in [2.75, 3.05) is 40.9 Å². The van der Waals surface area contributed by atoms with Gasteiger partial charge in [-0.1, -0.05) is 36.4 Å². The highest BCUT2D eigenvalue weighted by Crippen LogP contribution is 2.27. The first-order chi connectivity index (χ1) is 15.2. The third-order valence-electron chi connectivity index (χ3n) is 5.78. The van der Waals surface area contributed by atoms with Gasteiger partial charge in [0, 0.05) is 39.3 Å². The largest absolute Gasteiger partial charge is 0.493 e. The molecule has 7 heteroatoms. The molecule has 1 saturated heterocycles. The van der Waals surface area contributed by atoms with Gasteiger partial charge in [-0.15, -0.1) is 24.0 Å². The lowest BCUT2D eigenvalue weighted by molar-refractivity contribution is 0.198. The van der Waals surface area contributed by atoms with Crippen molar-refractivity contribution in [3.63, 3.8) is 0 Å². The van der Waals surface area contributed by atoms with Gasteiger partial charge >= 0.3 is 0 Å². The Hall–Kier alpha value is -2.00. The molecule has 2 aromatic carbocycles. The minimum Gasteiger partial charge on any atom is -0.493 e. The lowest BCUT2D eigenvalue weighted by Crippen LogP contribution is -2.48. The smallest absolute Gasteiger partial charge is 0.191 e. The first-order valence-corrected chi connectivity index (χ1v) is 11.2. The summed E-state index contributed by atoms with van der Waals surface area (Å²) >= 11 is 0. The molecule has 6 nitrogen and oxygen atoms in total. The average Bonchev–Trinajstić information content (AvgIpc) is 2.82. The fraction of sp³-hybridized carbons (Fsp3) is 0.480. The van der Waals surface area contributed by atoms with Crippen LogP contribution in [0, 0.1) is 0 Å². The Morgan fingerprint density at radius 1 is 1.00 bits per heavy atom. The van der Waals surface area contributed by atoms with Crippen LogP contribution in [0.5, 0.6) is 11.5 Å². The van der Waals surface area contributed by atoms with E-state index in [2.05, 4.69) is 63.0 Å². The first kappa shape index (κ1) is 26.3. The summed E-state index contributed by atoms with van der Waals surface area (Å²) in [4.78, 5) is 6.94. The Balaban J connectivity index is 0.00000363. The zero-order valence-electron chi connectivity index (χ0n) is 19.5. The Kier molecular flexibility index (Phi) is 11.7. The second kappa shape index (κ2) is 14.2. The monoisotopic (exact) mass is 552 g/mol. The van der Waals surface area contributed by atoms with E-state index < -0.39 is 0 Å². The minimum atomic E-state index is 0. The van der Waals surface area contributed by atoms with Gasteiger partial charge in [-0.25, -0.2) is 0 Å². The van der Waals surface area contributed by atoms with Crippen molar-refractivity contribution < 1.29 is 9.47 Å². The molecular formula is C25H37IN4O2. The van der Waals surface area contributed by atoms with Gasteiger partial charge in [0.25, 0.3) is 0 Å². The summed E-state index contributed by atoms with van der Waals surface area (Å²) in [5, 5.41) is 7.06. The molecule has 1 aliphatic rings. The fourth-order valence-electron chi connectivity index (χ4n) is 4.00. The molecule has 1 fully saturated rings. The van der Waals surface area contributed by atoms with Crippen molar-refractivity contribution in [1.82, 2.24) is 15.5 Å². The van der Waals surface area contributed by atoms with E-state index in [9.17, 15) is 0 Å². The van der Waals surface area contributed by atoms with E-state index in [0.717, 1.165) is 69.3 Å². The number of hydrogen-bond donors (Lipinski definition) is 2. The number of hydrogen-bond acceptors (Lipinski definition) is 4. The van der Waals surface area contributed by atoms with Gasteiger partial charge in [-0.2, -0.15) is 0 Å². The SMILES string of the molecule is CN=C(NCCCc1ccc(OC)c(OC)c1)NC1CCN(Cc2ccccc2)CC1.I. The van der Waals surface area contributed by atoms with E-state index in [1.807, 2.05) is 13.1 Å². The zero-order chi connectivity index (χ0) is 21.9. The highest BCUT2D eigenvalue weighted by molar-refractivity contribution is 14.0. The molecule has 176 valence electrons. The van der Waals surface area contributed by atoms with E-state index >= 15 is 0 Å². The summed E-state index contributed by atoms with van der Waals surface area (Å²) < 4.78 is 10.7. The maximum Gasteiger partial charge on any atom is 0.191 e. The first-order valence-electron chi connectivity index (χ1n) is 11.2. The fourth-order valence-corrected chi connectivity index (χ4v) is 4.00. The quantitative estimate of drug-likeness (QED) is 0.213. The van der Waals surface area contributed by atoms with Crippen molar-refractivity contribution in [2.45, 2.75) is 38.3 Å². The molecule has 0 amide bonds. The van der Waals surface area contributed by atoms with E-state index in [1.54, 1.807) is 14.2 Å². The van der Waals surface area contributed by atoms with Crippen LogP contribution in [0.15, 0.2) is 53.5 Å². The molecule has 1 aliphatic heterocycles. The van der Waals surface area contributed by atoms with Crippen LogP contribution in [0.4, 0.5) is 0 Å². The lowest BCUT2D eigenvalue weighted by Gasteiger charge is -2.33. The number of likely N-dealkylation sites (tertiary alicyclic amines) is 1. The predicted octanol–water partition coefficient (Wildman–Crippen LogP) is 4.08. The standard InChI is InChI=1S/C25H36N4O2.HI/c1-26-25(27-15-7-10-20-11-12-23(30-2)24(18-20)31-3)28-22-13-16-29(17-14-22)19-21-8-5-4-6-9-21;/h4-6,8-9,11-12,18,22H,7,10,13-17,19H2,1-3H3,(H2,26,27,28);1H. The van der Waals surface area contributed by atoms with Gasteiger partial charge < -0.3 is 20.1 Å². The van der Waals surface area contributed by atoms with Crippen molar-refractivity contribution in [2.24, 2.45) is 4.99 Å². The van der Waals surface area contributed by atoms with Gasteiger partial charge in [-0.05, 0) is 48.9 Å². The normalized spacial score (nSPS) is 15.0. The molecule has 0 unspecified atom stereocenters. The number of piperidine rings is 1. The number of methoxy groups -OCH3 is 2. The molecule has 0 saturated carbocycles. The molecule has 0 aromatic heterocycles. The summed E-state index contributed by atoms with van der Waals surface area (Å²) in [6.07, 6.45) is 4.27. The molecule has 32 heavy (non-hydrogen) atoms. The molecule has 2 aromatic rings. The van der Waals surface area contributed by atoms with Crippen LogP contribution in [0.25, 0.3) is 0 Å². The number of guanidine groups is 1. The molecule has 0 aliphatic carbocycles. The lowest BCUT2D eigenvalue weighted by atomic mass is 10.0. The van der Waals surface area contributed by atoms with Crippen LogP contribution in [0.3, 0.4) is 0 Å². The Bertz CT molecular complexity index is 824. The van der Waals surface area contributed by atoms with Gasteiger partial charge in [-0.3, -0.25) is 9.89 Å². The summed E-state index contributed by atoms with van der Waals surface area (Å²) in [6.45, 7) is 4.14. The van der Waals surface area contributed by atoms with Gasteiger partial charge in [0.2, 0.25) is 0 Å². The number of aliphatic imine (C=N–C) groups is 1. The maximum absolute atomic E-state index is 5.39. The maximum atomic E-state index is 5.39. The summed E-state index contributed by atoms with van der Waals surface area (Å²) in [6, 6.07) is 17.3. The Morgan fingerprint density at radius 2 is 1.72 bits per heavy atom. The van der Waals surface area contributed by atoms with Crippen LogP contribution in [0.1, 0.15) is 30.4 Å². The highest BCUT2D eigenvalue weighted by atomic mass is 127. The number of rotatable bonds is 9. The third kappa shape index (κ3) is 8.16. The topological polar surface area (TPSA) is 58.1 Å². The molecular weight excluding hydrogens is 515 g/mol. The minimum absolute atomic E-state index is 0. The van der Waals surface area contributed by atoms with Gasteiger partial charge in [0.15, 0.2) is 17.5 Å². The van der Waals surface area contributed by atoms with Crippen molar-refractivity contribution in [3.8, 4) is 11.5 Å². The molecule has 3 rings (SSSR count). The van der Waals surface area contributed by atoms with Crippen LogP contribution < -0.4 is 20.1 Å². The van der Waals surface area contributed by atoms with Gasteiger partial charge in [0.05, 0.1) is 14.2 Å². The zero-order valence-corrected chi connectivity index (χ0v) is 21.8.